The lowest BCUT2D eigenvalue weighted by atomic mass is 10.1. The van der Waals surface area contributed by atoms with Crippen LogP contribution in [-0.4, -0.2) is 41.2 Å². The van der Waals surface area contributed by atoms with E-state index < -0.39 is 15.9 Å². The Bertz CT molecular complexity index is 1260. The molecule has 2 N–H and O–H groups in total. The molecule has 0 saturated carbocycles. The number of fused-ring (bicyclic) bond motifs is 2. The van der Waals surface area contributed by atoms with Gasteiger partial charge in [0.25, 0.3) is 15.9 Å². The highest BCUT2D eigenvalue weighted by atomic mass is 32.2. The maximum atomic E-state index is 12.5. The number of phenols is 1. The first kappa shape index (κ1) is 19.8. The number of carbonyl (C=O) groups excluding carboxylic acids is 2. The molecule has 8 nitrogen and oxygen atoms in total. The van der Waals surface area contributed by atoms with Crippen molar-refractivity contribution in [2.45, 2.75) is 24.2 Å². The van der Waals surface area contributed by atoms with Gasteiger partial charge in [0.05, 0.1) is 11.3 Å². The van der Waals surface area contributed by atoms with Crippen LogP contribution in [0.2, 0.25) is 0 Å². The predicted molar refractivity (Wildman–Crippen MR) is 111 cm³/mol. The molecule has 1 aliphatic heterocycles. The molecular weight excluding hydrogens is 406 g/mol. The Kier molecular flexibility index (Phi) is 5.13. The Morgan fingerprint density at radius 3 is 2.67 bits per heavy atom. The molecule has 3 aromatic rings. The summed E-state index contributed by atoms with van der Waals surface area (Å²) in [7, 11) is -3.82. The topological polar surface area (TPSA) is 117 Å². The van der Waals surface area contributed by atoms with Crippen molar-refractivity contribution in [2.75, 3.05) is 11.9 Å². The molecule has 0 unspecified atom stereocenters. The molecule has 0 atom stereocenters. The molecular formula is C21H19N3O5S. The summed E-state index contributed by atoms with van der Waals surface area (Å²) in [5.74, 6) is -0.746. The summed E-state index contributed by atoms with van der Waals surface area (Å²) < 4.78 is 25.9. The van der Waals surface area contributed by atoms with Crippen LogP contribution in [0.25, 0.3) is 10.9 Å². The monoisotopic (exact) mass is 425 g/mol. The van der Waals surface area contributed by atoms with Gasteiger partial charge in [0.2, 0.25) is 5.91 Å². The van der Waals surface area contributed by atoms with E-state index in [0.29, 0.717) is 29.4 Å². The summed E-state index contributed by atoms with van der Waals surface area (Å²) in [6, 6.07) is 12.7. The number of anilines is 1. The lowest BCUT2D eigenvalue weighted by Gasteiger charge is -2.15. The second kappa shape index (κ2) is 7.75. The number of hydrogen-bond donors (Lipinski definition) is 2. The van der Waals surface area contributed by atoms with E-state index in [2.05, 4.69) is 10.3 Å². The fraction of sp³-hybridized carbons (Fsp3) is 0.190. The SMILES string of the molecule is O=C(CCCCN1C(=O)c2ccccc2S1(=O)=O)Nc1ccc(O)c2ncccc12. The first-order chi connectivity index (χ1) is 14.4. The molecule has 0 spiro atoms. The Hall–Kier alpha value is -3.46. The zero-order valence-electron chi connectivity index (χ0n) is 15.9. The fourth-order valence-corrected chi connectivity index (χ4v) is 5.08. The van der Waals surface area contributed by atoms with Gasteiger partial charge in [-0.3, -0.25) is 14.6 Å². The average molecular weight is 425 g/mol. The van der Waals surface area contributed by atoms with Gasteiger partial charge in [-0.15, -0.1) is 0 Å². The Morgan fingerprint density at radius 1 is 1.07 bits per heavy atom. The number of unbranched alkanes of at least 4 members (excludes halogenated alkanes) is 1. The molecule has 9 heteroatoms. The van der Waals surface area contributed by atoms with Crippen molar-refractivity contribution in [2.24, 2.45) is 0 Å². The number of aromatic hydroxyl groups is 1. The van der Waals surface area contributed by atoms with Crippen molar-refractivity contribution in [1.82, 2.24) is 9.29 Å². The number of carbonyl (C=O) groups is 2. The van der Waals surface area contributed by atoms with Crippen LogP contribution in [0, 0.1) is 0 Å². The summed E-state index contributed by atoms with van der Waals surface area (Å²) in [6.07, 6.45) is 2.50. The highest BCUT2D eigenvalue weighted by Gasteiger charge is 2.40. The first-order valence-corrected chi connectivity index (χ1v) is 10.9. The minimum Gasteiger partial charge on any atom is -0.506 e. The number of hydrogen-bond acceptors (Lipinski definition) is 6. The number of rotatable bonds is 6. The molecule has 0 saturated heterocycles. The van der Waals surface area contributed by atoms with Crippen LogP contribution >= 0.6 is 0 Å². The lowest BCUT2D eigenvalue weighted by molar-refractivity contribution is -0.116. The largest absolute Gasteiger partial charge is 0.506 e. The number of pyridine rings is 1. The third-order valence-corrected chi connectivity index (χ3v) is 6.79. The molecule has 0 radical (unpaired) electrons. The third-order valence-electron chi connectivity index (χ3n) is 4.95. The van der Waals surface area contributed by atoms with Crippen LogP contribution in [0.4, 0.5) is 5.69 Å². The van der Waals surface area contributed by atoms with Crippen molar-refractivity contribution in [3.63, 3.8) is 0 Å². The summed E-state index contributed by atoms with van der Waals surface area (Å²) >= 11 is 0. The smallest absolute Gasteiger partial charge is 0.269 e. The molecule has 1 aromatic heterocycles. The van der Waals surface area contributed by atoms with Crippen LogP contribution in [0.15, 0.2) is 59.6 Å². The van der Waals surface area contributed by atoms with Gasteiger partial charge in [0.15, 0.2) is 0 Å². The maximum Gasteiger partial charge on any atom is 0.269 e. The number of sulfonamides is 1. The number of nitrogens with zero attached hydrogens (tertiary/aromatic N) is 2. The van der Waals surface area contributed by atoms with E-state index in [1.54, 1.807) is 36.5 Å². The number of nitrogens with one attached hydrogen (secondary N) is 1. The molecule has 0 aliphatic carbocycles. The third kappa shape index (κ3) is 3.48. The molecule has 2 heterocycles. The van der Waals surface area contributed by atoms with Crippen LogP contribution in [0.3, 0.4) is 0 Å². The minimum absolute atomic E-state index is 0.0230. The quantitative estimate of drug-likeness (QED) is 0.463. The summed E-state index contributed by atoms with van der Waals surface area (Å²) in [4.78, 5) is 28.8. The first-order valence-electron chi connectivity index (χ1n) is 9.42. The van der Waals surface area contributed by atoms with Crippen LogP contribution in [-0.2, 0) is 14.8 Å². The van der Waals surface area contributed by atoms with E-state index in [0.717, 1.165) is 4.31 Å². The number of phenolic OH excluding ortho intramolecular Hbond substituents is 1. The maximum absolute atomic E-state index is 12.5. The van der Waals surface area contributed by atoms with E-state index in [1.165, 1.54) is 18.2 Å². The van der Waals surface area contributed by atoms with Crippen LogP contribution < -0.4 is 5.32 Å². The second-order valence-corrected chi connectivity index (χ2v) is 8.75. The van der Waals surface area contributed by atoms with Gasteiger partial charge in [-0.05, 0) is 49.2 Å². The molecule has 4 rings (SSSR count). The van der Waals surface area contributed by atoms with Crippen LogP contribution in [0.1, 0.15) is 29.6 Å². The van der Waals surface area contributed by atoms with Crippen molar-refractivity contribution >= 4 is 38.4 Å². The minimum atomic E-state index is -3.82. The Balaban J connectivity index is 1.34. The highest BCUT2D eigenvalue weighted by Crippen LogP contribution is 2.31. The van der Waals surface area contributed by atoms with E-state index in [-0.39, 0.29) is 35.1 Å². The van der Waals surface area contributed by atoms with E-state index in [9.17, 15) is 23.1 Å². The predicted octanol–water partition coefficient (Wildman–Crippen LogP) is 2.89. The van der Waals surface area contributed by atoms with Crippen molar-refractivity contribution < 1.29 is 23.1 Å². The Labute approximate surface area is 173 Å². The molecule has 0 bridgehead atoms. The summed E-state index contributed by atoms with van der Waals surface area (Å²) in [6.45, 7) is 0.0230. The zero-order chi connectivity index (χ0) is 21.3. The van der Waals surface area contributed by atoms with Gasteiger partial charge >= 0.3 is 0 Å². The van der Waals surface area contributed by atoms with E-state index >= 15 is 0 Å². The van der Waals surface area contributed by atoms with Gasteiger partial charge in [-0.25, -0.2) is 12.7 Å². The van der Waals surface area contributed by atoms with Gasteiger partial charge in [0.1, 0.15) is 16.2 Å². The van der Waals surface area contributed by atoms with Crippen LogP contribution in [0.5, 0.6) is 5.75 Å². The Morgan fingerprint density at radius 2 is 1.87 bits per heavy atom. The van der Waals surface area contributed by atoms with Gasteiger partial charge in [-0.1, -0.05) is 12.1 Å². The number of benzene rings is 2. The molecule has 1 aliphatic rings. The average Bonchev–Trinajstić information content (AvgIpc) is 2.94. The molecule has 0 fully saturated rings. The summed E-state index contributed by atoms with van der Waals surface area (Å²) in [5, 5.41) is 13.3. The lowest BCUT2D eigenvalue weighted by Crippen LogP contribution is -2.31. The van der Waals surface area contributed by atoms with Crippen molar-refractivity contribution in [1.29, 1.82) is 0 Å². The number of aromatic nitrogens is 1. The number of amides is 2. The fourth-order valence-electron chi connectivity index (χ4n) is 3.47. The molecule has 154 valence electrons. The van der Waals surface area contributed by atoms with Gasteiger partial charge < -0.3 is 10.4 Å². The molecule has 2 amide bonds. The molecule has 30 heavy (non-hydrogen) atoms. The van der Waals surface area contributed by atoms with E-state index in [1.807, 2.05) is 0 Å². The molecule has 2 aromatic carbocycles. The second-order valence-electron chi connectivity index (χ2n) is 6.92. The van der Waals surface area contributed by atoms with Gasteiger partial charge in [-0.2, -0.15) is 0 Å². The highest BCUT2D eigenvalue weighted by molar-refractivity contribution is 7.90. The van der Waals surface area contributed by atoms with E-state index in [4.69, 9.17) is 0 Å². The van der Waals surface area contributed by atoms with Crippen molar-refractivity contribution in [3.05, 3.63) is 60.3 Å². The van der Waals surface area contributed by atoms with Crippen molar-refractivity contribution in [3.8, 4) is 5.75 Å². The summed E-state index contributed by atoms with van der Waals surface area (Å²) in [5.41, 5.74) is 1.12. The normalized spacial score (nSPS) is 14.7. The zero-order valence-corrected chi connectivity index (χ0v) is 16.7. The van der Waals surface area contributed by atoms with Gasteiger partial charge in [0, 0.05) is 24.5 Å². The standard InChI is InChI=1S/C21H19N3O5S/c25-17-11-10-16(14-7-5-12-22-20(14)17)23-19(26)9-3-4-13-24-21(27)15-6-1-2-8-18(15)30(24,28)29/h1-2,5-8,10-12,25H,3-4,9,13H2,(H,23,26).